The number of nitrogen functional groups attached to an aromatic ring is 1. The maximum Gasteiger partial charge on any atom is 0.292 e. The lowest BCUT2D eigenvalue weighted by Gasteiger charge is -2.06. The summed E-state index contributed by atoms with van der Waals surface area (Å²) in [4.78, 5) is 10.1. The van der Waals surface area contributed by atoms with Crippen LogP contribution in [-0.4, -0.2) is 14.7 Å². The summed E-state index contributed by atoms with van der Waals surface area (Å²) in [5.74, 6) is 1.08. The number of aromatic nitrogens is 2. The Bertz CT molecular complexity index is 649. The van der Waals surface area contributed by atoms with Gasteiger partial charge < -0.3 is 10.5 Å². The Labute approximate surface area is 109 Å². The van der Waals surface area contributed by atoms with Gasteiger partial charge >= 0.3 is 0 Å². The molecule has 0 atom stereocenters. The van der Waals surface area contributed by atoms with Crippen LogP contribution in [0.3, 0.4) is 0 Å². The van der Waals surface area contributed by atoms with E-state index in [1.54, 1.807) is 4.68 Å². The Morgan fingerprint density at radius 1 is 1.42 bits per heavy atom. The molecule has 0 aliphatic carbocycles. The number of nitro groups is 1. The molecule has 7 heteroatoms. The van der Waals surface area contributed by atoms with Crippen molar-refractivity contribution < 1.29 is 9.66 Å². The maximum atomic E-state index is 10.7. The molecule has 0 amide bonds. The van der Waals surface area contributed by atoms with Crippen LogP contribution in [0.15, 0.2) is 18.2 Å². The number of benzene rings is 1. The van der Waals surface area contributed by atoms with Crippen molar-refractivity contribution in [1.82, 2.24) is 9.78 Å². The number of nitro benzene ring substituents is 1. The summed E-state index contributed by atoms with van der Waals surface area (Å²) in [7, 11) is 1.82. The number of hydrogen-bond donors (Lipinski definition) is 1. The van der Waals surface area contributed by atoms with Crippen LogP contribution in [0.1, 0.15) is 11.4 Å². The average Bonchev–Trinajstić information content (AvgIpc) is 2.56. The van der Waals surface area contributed by atoms with Crippen LogP contribution in [0, 0.1) is 24.0 Å². The monoisotopic (exact) mass is 262 g/mol. The van der Waals surface area contributed by atoms with Gasteiger partial charge in [-0.3, -0.25) is 14.8 Å². The van der Waals surface area contributed by atoms with Crippen molar-refractivity contribution in [2.75, 3.05) is 5.73 Å². The second kappa shape index (κ2) is 4.60. The smallest absolute Gasteiger partial charge is 0.292 e. The molecule has 1 heterocycles. The SMILES string of the molecule is Cc1nn(C)c(C)c1Oc1ccc([N+](=O)[O-])c(N)c1. The lowest BCUT2D eigenvalue weighted by molar-refractivity contribution is -0.383. The van der Waals surface area contributed by atoms with E-state index in [0.29, 0.717) is 11.5 Å². The molecule has 0 aliphatic rings. The standard InChI is InChI=1S/C12H14N4O3/c1-7-12(8(2)15(3)14-7)19-9-4-5-11(16(17)18)10(13)6-9/h4-6H,13H2,1-3H3. The molecular formula is C12H14N4O3. The highest BCUT2D eigenvalue weighted by atomic mass is 16.6. The fourth-order valence-corrected chi connectivity index (χ4v) is 1.78. The highest BCUT2D eigenvalue weighted by molar-refractivity contribution is 5.61. The molecule has 0 saturated heterocycles. The molecule has 2 N–H and O–H groups in total. The summed E-state index contributed by atoms with van der Waals surface area (Å²) < 4.78 is 7.40. The van der Waals surface area contributed by atoms with E-state index in [4.69, 9.17) is 10.5 Å². The predicted octanol–water partition coefficient (Wildman–Crippen LogP) is 2.32. The molecule has 19 heavy (non-hydrogen) atoms. The highest BCUT2D eigenvalue weighted by Gasteiger charge is 2.15. The van der Waals surface area contributed by atoms with E-state index in [2.05, 4.69) is 5.10 Å². The third-order valence-corrected chi connectivity index (χ3v) is 2.86. The Balaban J connectivity index is 2.34. The minimum absolute atomic E-state index is 0.0710. The van der Waals surface area contributed by atoms with Crippen molar-refractivity contribution in [3.63, 3.8) is 0 Å². The third kappa shape index (κ3) is 2.35. The van der Waals surface area contributed by atoms with E-state index >= 15 is 0 Å². The molecule has 2 rings (SSSR count). The molecule has 0 saturated carbocycles. The van der Waals surface area contributed by atoms with Gasteiger partial charge in [-0.25, -0.2) is 0 Å². The van der Waals surface area contributed by atoms with Crippen molar-refractivity contribution in [2.45, 2.75) is 13.8 Å². The van der Waals surface area contributed by atoms with Crippen molar-refractivity contribution in [3.05, 3.63) is 39.7 Å². The third-order valence-electron chi connectivity index (χ3n) is 2.86. The van der Waals surface area contributed by atoms with Crippen LogP contribution < -0.4 is 10.5 Å². The number of hydrogen-bond acceptors (Lipinski definition) is 5. The fourth-order valence-electron chi connectivity index (χ4n) is 1.78. The molecule has 100 valence electrons. The Hall–Kier alpha value is -2.57. The first-order valence-electron chi connectivity index (χ1n) is 5.62. The molecule has 0 bridgehead atoms. The molecule has 0 spiro atoms. The molecule has 0 fully saturated rings. The first-order chi connectivity index (χ1) is 8.90. The van der Waals surface area contributed by atoms with Crippen molar-refractivity contribution in [2.24, 2.45) is 7.05 Å². The molecule has 7 nitrogen and oxygen atoms in total. The molecule has 2 aromatic rings. The topological polar surface area (TPSA) is 96.2 Å². The molecule has 0 unspecified atom stereocenters. The lowest BCUT2D eigenvalue weighted by Crippen LogP contribution is -1.96. The van der Waals surface area contributed by atoms with Crippen LogP contribution in [0.2, 0.25) is 0 Å². The quantitative estimate of drug-likeness (QED) is 0.520. The number of nitrogens with zero attached hydrogens (tertiary/aromatic N) is 3. The van der Waals surface area contributed by atoms with Crippen LogP contribution in [0.25, 0.3) is 0 Å². The zero-order valence-electron chi connectivity index (χ0n) is 10.9. The molecule has 1 aromatic heterocycles. The lowest BCUT2D eigenvalue weighted by atomic mass is 10.2. The summed E-state index contributed by atoms with van der Waals surface area (Å²) in [6.45, 7) is 3.71. The summed E-state index contributed by atoms with van der Waals surface area (Å²) >= 11 is 0. The highest BCUT2D eigenvalue weighted by Crippen LogP contribution is 2.32. The van der Waals surface area contributed by atoms with Gasteiger partial charge in [0.25, 0.3) is 5.69 Å². The van der Waals surface area contributed by atoms with Gasteiger partial charge in [-0.1, -0.05) is 0 Å². The second-order valence-electron chi connectivity index (χ2n) is 4.20. The van der Waals surface area contributed by atoms with Gasteiger partial charge in [-0.05, 0) is 19.9 Å². The normalized spacial score (nSPS) is 10.5. The van der Waals surface area contributed by atoms with Gasteiger partial charge in [0, 0.05) is 19.2 Å². The van der Waals surface area contributed by atoms with Crippen molar-refractivity contribution >= 4 is 11.4 Å². The van der Waals surface area contributed by atoms with Gasteiger partial charge in [0.2, 0.25) is 0 Å². The molecule has 1 aromatic carbocycles. The van der Waals surface area contributed by atoms with E-state index < -0.39 is 4.92 Å². The number of rotatable bonds is 3. The van der Waals surface area contributed by atoms with Crippen LogP contribution in [0.4, 0.5) is 11.4 Å². The van der Waals surface area contributed by atoms with Gasteiger partial charge in [-0.15, -0.1) is 0 Å². The van der Waals surface area contributed by atoms with Crippen LogP contribution >= 0.6 is 0 Å². The van der Waals surface area contributed by atoms with E-state index in [1.807, 2.05) is 20.9 Å². The molecule has 0 radical (unpaired) electrons. The van der Waals surface area contributed by atoms with Gasteiger partial charge in [0.15, 0.2) is 5.75 Å². The van der Waals surface area contributed by atoms with Crippen molar-refractivity contribution in [1.29, 1.82) is 0 Å². The Morgan fingerprint density at radius 3 is 2.58 bits per heavy atom. The first kappa shape index (κ1) is 12.9. The van der Waals surface area contributed by atoms with Gasteiger partial charge in [0.05, 0.1) is 10.6 Å². The Kier molecular flexibility index (Phi) is 3.12. The first-order valence-corrected chi connectivity index (χ1v) is 5.62. The molecule has 0 aliphatic heterocycles. The number of nitrogens with two attached hydrogens (primary N) is 1. The summed E-state index contributed by atoms with van der Waals surface area (Å²) in [6, 6.07) is 4.27. The summed E-state index contributed by atoms with van der Waals surface area (Å²) in [6.07, 6.45) is 0. The van der Waals surface area contributed by atoms with E-state index in [1.165, 1.54) is 18.2 Å². The minimum Gasteiger partial charge on any atom is -0.453 e. The maximum absolute atomic E-state index is 10.7. The number of aryl methyl sites for hydroxylation is 2. The van der Waals surface area contributed by atoms with Gasteiger partial charge in [-0.2, -0.15) is 5.10 Å². The summed E-state index contributed by atoms with van der Waals surface area (Å²) in [5.41, 5.74) is 7.17. The number of anilines is 1. The average molecular weight is 262 g/mol. The number of ether oxygens (including phenoxy) is 1. The van der Waals surface area contributed by atoms with Crippen LogP contribution in [0.5, 0.6) is 11.5 Å². The van der Waals surface area contributed by atoms with E-state index in [9.17, 15) is 10.1 Å². The second-order valence-corrected chi connectivity index (χ2v) is 4.20. The van der Waals surface area contributed by atoms with E-state index in [0.717, 1.165) is 11.4 Å². The van der Waals surface area contributed by atoms with E-state index in [-0.39, 0.29) is 11.4 Å². The summed E-state index contributed by atoms with van der Waals surface area (Å²) in [5, 5.41) is 14.9. The van der Waals surface area contributed by atoms with Crippen LogP contribution in [-0.2, 0) is 7.05 Å². The van der Waals surface area contributed by atoms with Gasteiger partial charge in [0.1, 0.15) is 17.1 Å². The fraction of sp³-hybridized carbons (Fsp3) is 0.250. The molecular weight excluding hydrogens is 248 g/mol. The predicted molar refractivity (Wildman–Crippen MR) is 70.3 cm³/mol. The zero-order valence-corrected chi connectivity index (χ0v) is 10.9. The zero-order chi connectivity index (χ0) is 14.2. The van der Waals surface area contributed by atoms with Crippen molar-refractivity contribution in [3.8, 4) is 11.5 Å². The largest absolute Gasteiger partial charge is 0.453 e. The minimum atomic E-state index is -0.528. The Morgan fingerprint density at radius 2 is 2.11 bits per heavy atom.